The van der Waals surface area contributed by atoms with Crippen LogP contribution in [0.4, 0.5) is 5.69 Å². The van der Waals surface area contributed by atoms with Gasteiger partial charge in [0, 0.05) is 11.3 Å². The summed E-state index contributed by atoms with van der Waals surface area (Å²) >= 11 is 0. The molecule has 1 heterocycles. The molecule has 2 aromatic rings. The van der Waals surface area contributed by atoms with Gasteiger partial charge in [0.05, 0.1) is 5.71 Å². The predicted molar refractivity (Wildman–Crippen MR) is 97.8 cm³/mol. The van der Waals surface area contributed by atoms with Crippen LogP contribution in [-0.2, 0) is 22.5 Å². The zero-order valence-electron chi connectivity index (χ0n) is 14.6. The Morgan fingerprint density at radius 1 is 1.12 bits per heavy atom. The van der Waals surface area contributed by atoms with Crippen LogP contribution in [0, 0.1) is 0 Å². The number of hydrogen-bond donors (Lipinski definition) is 1. The number of carbonyl (C=O) groups excluding carboxylic acids is 1. The van der Waals surface area contributed by atoms with Gasteiger partial charge in [0.2, 0.25) is 6.79 Å². The molecule has 1 aliphatic carbocycles. The van der Waals surface area contributed by atoms with E-state index >= 15 is 0 Å². The summed E-state index contributed by atoms with van der Waals surface area (Å²) in [6.45, 7) is 1.91. The Morgan fingerprint density at radius 3 is 2.88 bits per heavy atom. The second-order valence-corrected chi connectivity index (χ2v) is 6.40. The number of oxime groups is 1. The van der Waals surface area contributed by atoms with E-state index in [0.29, 0.717) is 11.5 Å². The van der Waals surface area contributed by atoms with Gasteiger partial charge >= 0.3 is 0 Å². The first-order chi connectivity index (χ1) is 12.7. The van der Waals surface area contributed by atoms with Gasteiger partial charge in [-0.15, -0.1) is 0 Å². The molecule has 0 fully saturated rings. The standard InChI is InChI=1S/C20H20N2O4/c1-13(15-6-8-18-19(10-15)25-12-24-18)22-26-11-20(23)21-17-7-5-14-3-2-4-16(14)9-17/h5-10H,2-4,11-12H2,1H3,(H,21,23)/b22-13-. The Balaban J connectivity index is 1.32. The predicted octanol–water partition coefficient (Wildman–Crippen LogP) is 3.28. The van der Waals surface area contributed by atoms with Crippen molar-refractivity contribution in [3.05, 3.63) is 53.1 Å². The number of amides is 1. The molecule has 6 nitrogen and oxygen atoms in total. The Hall–Kier alpha value is -3.02. The highest BCUT2D eigenvalue weighted by molar-refractivity contribution is 5.99. The first kappa shape index (κ1) is 16.4. The third-order valence-corrected chi connectivity index (χ3v) is 4.57. The number of aryl methyl sites for hydroxylation is 2. The zero-order chi connectivity index (χ0) is 17.9. The van der Waals surface area contributed by atoms with Crippen molar-refractivity contribution in [2.45, 2.75) is 26.2 Å². The summed E-state index contributed by atoms with van der Waals surface area (Å²) < 4.78 is 10.6. The molecular weight excluding hydrogens is 332 g/mol. The van der Waals surface area contributed by atoms with Crippen LogP contribution in [0.25, 0.3) is 0 Å². The maximum atomic E-state index is 12.0. The lowest BCUT2D eigenvalue weighted by Crippen LogP contribution is -2.17. The molecule has 6 heteroatoms. The minimum atomic E-state index is -0.231. The SMILES string of the molecule is C/C(=N/OCC(=O)Nc1ccc2c(c1)CCC2)c1ccc2c(c1)OCO2. The second-order valence-electron chi connectivity index (χ2n) is 6.40. The summed E-state index contributed by atoms with van der Waals surface area (Å²) in [6.07, 6.45) is 3.39. The van der Waals surface area contributed by atoms with Crippen LogP contribution in [-0.4, -0.2) is 25.0 Å². The molecule has 0 unspecified atom stereocenters. The molecular formula is C20H20N2O4. The van der Waals surface area contributed by atoms with Crippen molar-refractivity contribution in [2.24, 2.45) is 5.16 Å². The van der Waals surface area contributed by atoms with Crippen LogP contribution in [0.5, 0.6) is 11.5 Å². The van der Waals surface area contributed by atoms with Gasteiger partial charge in [0.25, 0.3) is 5.91 Å². The maximum Gasteiger partial charge on any atom is 0.265 e. The van der Waals surface area contributed by atoms with E-state index in [-0.39, 0.29) is 19.3 Å². The Bertz CT molecular complexity index is 876. The van der Waals surface area contributed by atoms with E-state index in [1.54, 1.807) is 0 Å². The van der Waals surface area contributed by atoms with Crippen LogP contribution in [0.3, 0.4) is 0 Å². The molecule has 1 aliphatic heterocycles. The molecule has 0 spiro atoms. The Kier molecular flexibility index (Phi) is 4.48. The van der Waals surface area contributed by atoms with Crippen molar-refractivity contribution in [2.75, 3.05) is 18.7 Å². The molecule has 1 amide bonds. The maximum absolute atomic E-state index is 12.0. The van der Waals surface area contributed by atoms with Gasteiger partial charge in [0.15, 0.2) is 18.1 Å². The molecule has 4 rings (SSSR count). The molecule has 0 radical (unpaired) electrons. The first-order valence-electron chi connectivity index (χ1n) is 8.67. The van der Waals surface area contributed by atoms with E-state index in [9.17, 15) is 4.79 Å². The number of nitrogens with zero attached hydrogens (tertiary/aromatic N) is 1. The summed E-state index contributed by atoms with van der Waals surface area (Å²) in [5, 5.41) is 6.87. The number of hydrogen-bond acceptors (Lipinski definition) is 5. The van der Waals surface area contributed by atoms with E-state index in [1.807, 2.05) is 37.3 Å². The van der Waals surface area contributed by atoms with Crippen LogP contribution in [0.1, 0.15) is 30.0 Å². The molecule has 0 saturated heterocycles. The van der Waals surface area contributed by atoms with Gasteiger partial charge in [-0.3, -0.25) is 4.79 Å². The third-order valence-electron chi connectivity index (χ3n) is 4.57. The van der Waals surface area contributed by atoms with E-state index < -0.39 is 0 Å². The van der Waals surface area contributed by atoms with Crippen molar-refractivity contribution in [3.8, 4) is 11.5 Å². The van der Waals surface area contributed by atoms with Crippen molar-refractivity contribution in [1.82, 2.24) is 0 Å². The summed E-state index contributed by atoms with van der Waals surface area (Å²) in [5.41, 5.74) is 5.02. The number of ether oxygens (including phenoxy) is 2. The molecule has 0 bridgehead atoms. The normalized spacial score (nSPS) is 14.9. The van der Waals surface area contributed by atoms with Crippen LogP contribution >= 0.6 is 0 Å². The van der Waals surface area contributed by atoms with Crippen LogP contribution < -0.4 is 14.8 Å². The van der Waals surface area contributed by atoms with Crippen molar-refractivity contribution in [1.29, 1.82) is 0 Å². The van der Waals surface area contributed by atoms with Gasteiger partial charge in [-0.25, -0.2) is 0 Å². The van der Waals surface area contributed by atoms with Gasteiger partial charge < -0.3 is 19.6 Å². The molecule has 134 valence electrons. The number of carbonyl (C=O) groups is 1. The fourth-order valence-electron chi connectivity index (χ4n) is 3.21. The van der Waals surface area contributed by atoms with E-state index in [2.05, 4.69) is 16.5 Å². The number of rotatable bonds is 5. The van der Waals surface area contributed by atoms with E-state index in [4.69, 9.17) is 14.3 Å². The summed E-state index contributed by atoms with van der Waals surface area (Å²) in [4.78, 5) is 17.2. The van der Waals surface area contributed by atoms with Gasteiger partial charge in [-0.05, 0) is 67.6 Å². The molecule has 0 saturated carbocycles. The Morgan fingerprint density at radius 2 is 1.96 bits per heavy atom. The van der Waals surface area contributed by atoms with Gasteiger partial charge in [-0.1, -0.05) is 11.2 Å². The largest absolute Gasteiger partial charge is 0.454 e. The molecule has 2 aromatic carbocycles. The van der Waals surface area contributed by atoms with Crippen molar-refractivity contribution in [3.63, 3.8) is 0 Å². The highest BCUT2D eigenvalue weighted by Crippen LogP contribution is 2.32. The minimum absolute atomic E-state index is 0.140. The van der Waals surface area contributed by atoms with Gasteiger partial charge in [0.1, 0.15) is 0 Å². The fourth-order valence-corrected chi connectivity index (χ4v) is 3.21. The summed E-state index contributed by atoms with van der Waals surface area (Å²) in [6, 6.07) is 11.6. The lowest BCUT2D eigenvalue weighted by Gasteiger charge is -2.07. The van der Waals surface area contributed by atoms with Crippen LogP contribution in [0.2, 0.25) is 0 Å². The monoisotopic (exact) mass is 352 g/mol. The highest BCUT2D eigenvalue weighted by Gasteiger charge is 2.14. The molecule has 26 heavy (non-hydrogen) atoms. The lowest BCUT2D eigenvalue weighted by atomic mass is 10.1. The van der Waals surface area contributed by atoms with Crippen molar-refractivity contribution < 1.29 is 19.1 Å². The van der Waals surface area contributed by atoms with E-state index in [1.165, 1.54) is 17.5 Å². The molecule has 0 atom stereocenters. The summed E-state index contributed by atoms with van der Waals surface area (Å²) in [7, 11) is 0. The molecule has 1 N–H and O–H groups in total. The van der Waals surface area contributed by atoms with Crippen LogP contribution in [0.15, 0.2) is 41.6 Å². The molecule has 2 aliphatic rings. The average Bonchev–Trinajstić information content (AvgIpc) is 3.29. The topological polar surface area (TPSA) is 69.2 Å². The number of nitrogens with one attached hydrogen (secondary N) is 1. The molecule has 0 aromatic heterocycles. The number of anilines is 1. The average molecular weight is 352 g/mol. The number of fused-ring (bicyclic) bond motifs is 2. The highest BCUT2D eigenvalue weighted by atomic mass is 16.7. The zero-order valence-corrected chi connectivity index (χ0v) is 14.6. The minimum Gasteiger partial charge on any atom is -0.454 e. The van der Waals surface area contributed by atoms with E-state index in [0.717, 1.165) is 29.8 Å². The quantitative estimate of drug-likeness (QED) is 0.662. The first-order valence-corrected chi connectivity index (χ1v) is 8.67. The third kappa shape index (κ3) is 3.49. The Labute approximate surface area is 151 Å². The summed E-state index contributed by atoms with van der Waals surface area (Å²) in [5.74, 6) is 1.17. The smallest absolute Gasteiger partial charge is 0.265 e. The fraction of sp³-hybridized carbons (Fsp3) is 0.300. The van der Waals surface area contributed by atoms with Gasteiger partial charge in [-0.2, -0.15) is 0 Å². The van der Waals surface area contributed by atoms with Crippen molar-refractivity contribution >= 4 is 17.3 Å². The lowest BCUT2D eigenvalue weighted by molar-refractivity contribution is -0.120. The second kappa shape index (κ2) is 7.07. The number of benzene rings is 2.